The number of nitrogens with zero attached hydrogens (tertiary/aromatic N) is 6. The number of hydrogen-bond acceptors (Lipinski definition) is 11. The summed E-state index contributed by atoms with van der Waals surface area (Å²) >= 11 is 0. The van der Waals surface area contributed by atoms with E-state index in [2.05, 4.69) is 41.9 Å². The van der Waals surface area contributed by atoms with Gasteiger partial charge in [-0.2, -0.15) is 0 Å². The molecule has 4 aliphatic rings. The van der Waals surface area contributed by atoms with Gasteiger partial charge in [0.2, 0.25) is 21.9 Å². The Labute approximate surface area is 233 Å². The number of aliphatic hydroxyl groups excluding tert-OH is 1. The molecule has 2 aromatic heterocycles. The van der Waals surface area contributed by atoms with Crippen molar-refractivity contribution in [1.82, 2.24) is 20.2 Å². The molecule has 4 aliphatic heterocycles. The smallest absolute Gasteiger partial charge is 0.266 e. The van der Waals surface area contributed by atoms with Gasteiger partial charge in [0.25, 0.3) is 5.89 Å². The maximum Gasteiger partial charge on any atom is 0.266 e. The second-order valence-electron chi connectivity index (χ2n) is 10.3. The molecule has 0 saturated carbocycles. The van der Waals surface area contributed by atoms with Crippen LogP contribution in [0.4, 0.5) is 17.3 Å². The highest BCUT2D eigenvalue weighted by molar-refractivity contribution is 7.92. The van der Waals surface area contributed by atoms with Crippen LogP contribution in [-0.4, -0.2) is 84.9 Å². The number of aliphatic hydroxyl groups is 1. The molecule has 13 heteroatoms. The maximum absolute atomic E-state index is 12.3. The highest BCUT2D eigenvalue weighted by Gasteiger charge is 2.26. The van der Waals surface area contributed by atoms with E-state index in [1.165, 1.54) is 0 Å². The standard InChI is InChI=1S/C27H33N7O5S/c35-14-16-40(36,37)32-20-5-6-22-24(17-20)33-12-8-21(9-13-33)38-15-2-4-19-3-1-11-34(18-19)27-28-10-7-23(29-27)26-31-30-25(22)39-26/h2,4-7,10,17,19,21,32,35H,1,3,8-9,11-16,18H2/b4-2-. The summed E-state index contributed by atoms with van der Waals surface area (Å²) in [4.78, 5) is 13.6. The number of nitrogens with one attached hydrogen (secondary N) is 1. The minimum Gasteiger partial charge on any atom is -0.415 e. The number of hydrogen-bond donors (Lipinski definition) is 2. The molecular weight excluding hydrogens is 534 g/mol. The number of sulfonamides is 1. The predicted molar refractivity (Wildman–Crippen MR) is 151 cm³/mol. The van der Waals surface area contributed by atoms with Crippen LogP contribution in [0.5, 0.6) is 0 Å². The zero-order valence-electron chi connectivity index (χ0n) is 22.1. The molecule has 0 spiro atoms. The van der Waals surface area contributed by atoms with Gasteiger partial charge in [-0.1, -0.05) is 12.2 Å². The lowest BCUT2D eigenvalue weighted by Crippen LogP contribution is -2.37. The van der Waals surface area contributed by atoms with Gasteiger partial charge < -0.3 is 24.1 Å². The van der Waals surface area contributed by atoms with Gasteiger partial charge in [0, 0.05) is 32.4 Å². The first-order valence-corrected chi connectivity index (χ1v) is 15.3. The molecule has 0 radical (unpaired) electrons. The second kappa shape index (κ2) is 11.5. The lowest BCUT2D eigenvalue weighted by molar-refractivity contribution is 0.0560. The SMILES string of the molecule is O=S(=O)(CCO)Nc1ccc2c(c1)N1CCC(CC1)OC/C=C\C1CCCN(C1)c1nccc(n1)-c1nnc-2o1. The van der Waals surface area contributed by atoms with Gasteiger partial charge in [-0.3, -0.25) is 4.72 Å². The molecule has 1 aromatic carbocycles. The quantitative estimate of drug-likeness (QED) is 0.449. The molecule has 2 N–H and O–H groups in total. The summed E-state index contributed by atoms with van der Waals surface area (Å²) in [7, 11) is -3.69. The monoisotopic (exact) mass is 567 g/mol. The van der Waals surface area contributed by atoms with Crippen molar-refractivity contribution in [2.45, 2.75) is 31.8 Å². The van der Waals surface area contributed by atoms with Gasteiger partial charge in [0.15, 0.2) is 0 Å². The Kier molecular flexibility index (Phi) is 7.67. The highest BCUT2D eigenvalue weighted by atomic mass is 32.2. The molecule has 12 nitrogen and oxygen atoms in total. The summed E-state index contributed by atoms with van der Waals surface area (Å²) in [5.74, 6) is 1.26. The van der Waals surface area contributed by atoms with Gasteiger partial charge in [-0.25, -0.2) is 18.4 Å². The number of rotatable bonds is 4. The van der Waals surface area contributed by atoms with E-state index < -0.39 is 16.6 Å². The summed E-state index contributed by atoms with van der Waals surface area (Å²) in [6.45, 7) is 3.28. The molecule has 1 unspecified atom stereocenters. The Morgan fingerprint density at radius 3 is 2.75 bits per heavy atom. The van der Waals surface area contributed by atoms with E-state index in [0.717, 1.165) is 57.5 Å². The maximum atomic E-state index is 12.3. The Hall–Kier alpha value is -3.55. The van der Waals surface area contributed by atoms with E-state index in [4.69, 9.17) is 19.2 Å². The molecular formula is C27H33N7O5S. The zero-order chi connectivity index (χ0) is 27.5. The molecule has 40 heavy (non-hydrogen) atoms. The Morgan fingerprint density at radius 1 is 1.05 bits per heavy atom. The summed E-state index contributed by atoms with van der Waals surface area (Å²) in [5.41, 5.74) is 2.41. The third kappa shape index (κ3) is 5.96. The molecule has 1 atom stereocenters. The Balaban J connectivity index is 1.38. The van der Waals surface area contributed by atoms with Crippen molar-refractivity contribution in [1.29, 1.82) is 0 Å². The number of aromatic nitrogens is 4. The van der Waals surface area contributed by atoms with Crippen LogP contribution in [0.2, 0.25) is 0 Å². The van der Waals surface area contributed by atoms with Gasteiger partial charge >= 0.3 is 0 Å². The number of benzene rings is 1. The molecule has 7 rings (SSSR count). The van der Waals surface area contributed by atoms with Crippen LogP contribution in [0.1, 0.15) is 25.7 Å². The first kappa shape index (κ1) is 26.7. The van der Waals surface area contributed by atoms with E-state index >= 15 is 0 Å². The fourth-order valence-electron chi connectivity index (χ4n) is 5.50. The topological polar surface area (TPSA) is 147 Å². The van der Waals surface area contributed by atoms with E-state index in [1.807, 2.05) is 0 Å². The fourth-order valence-corrected chi connectivity index (χ4v) is 6.32. The summed E-state index contributed by atoms with van der Waals surface area (Å²) < 4.78 is 39.5. The lowest BCUT2D eigenvalue weighted by atomic mass is 9.98. The third-order valence-electron chi connectivity index (χ3n) is 7.51. The van der Waals surface area contributed by atoms with Crippen LogP contribution in [-0.2, 0) is 14.8 Å². The summed E-state index contributed by atoms with van der Waals surface area (Å²) in [5, 5.41) is 17.8. The summed E-state index contributed by atoms with van der Waals surface area (Å²) in [6.07, 6.45) is 10.1. The predicted octanol–water partition coefficient (Wildman–Crippen LogP) is 2.70. The van der Waals surface area contributed by atoms with E-state index in [9.17, 15) is 8.42 Å². The zero-order valence-corrected chi connectivity index (χ0v) is 23.0. The van der Waals surface area contributed by atoms with E-state index in [0.29, 0.717) is 41.3 Å². The second-order valence-corrected chi connectivity index (χ2v) is 12.2. The minimum absolute atomic E-state index is 0.144. The minimum atomic E-state index is -3.69. The number of fused-ring (bicyclic) bond motifs is 4. The van der Waals surface area contributed by atoms with Crippen LogP contribution in [0, 0.1) is 5.92 Å². The molecule has 8 bridgehead atoms. The van der Waals surface area contributed by atoms with Crippen LogP contribution in [0.25, 0.3) is 23.0 Å². The van der Waals surface area contributed by atoms with Crippen molar-refractivity contribution in [3.63, 3.8) is 0 Å². The van der Waals surface area contributed by atoms with Crippen molar-refractivity contribution in [2.24, 2.45) is 5.92 Å². The lowest BCUT2D eigenvalue weighted by Gasteiger charge is -2.34. The number of piperidine rings is 2. The van der Waals surface area contributed by atoms with Gasteiger partial charge in [0.1, 0.15) is 5.69 Å². The van der Waals surface area contributed by atoms with Gasteiger partial charge in [0.05, 0.1) is 42.0 Å². The molecule has 0 amide bonds. The van der Waals surface area contributed by atoms with Crippen LogP contribution in [0.3, 0.4) is 0 Å². The number of ether oxygens (including phenoxy) is 1. The van der Waals surface area contributed by atoms with Crippen molar-refractivity contribution < 1.29 is 22.7 Å². The largest absolute Gasteiger partial charge is 0.415 e. The Morgan fingerprint density at radius 2 is 1.90 bits per heavy atom. The molecule has 3 aromatic rings. The molecule has 2 saturated heterocycles. The van der Waals surface area contributed by atoms with Crippen LogP contribution < -0.4 is 14.5 Å². The molecule has 212 valence electrons. The third-order valence-corrected chi connectivity index (χ3v) is 8.77. The normalized spacial score (nSPS) is 22.1. The van der Waals surface area contributed by atoms with Crippen molar-refractivity contribution in [3.8, 4) is 23.0 Å². The first-order chi connectivity index (χ1) is 19.5. The molecule has 2 fully saturated rings. The average molecular weight is 568 g/mol. The van der Waals surface area contributed by atoms with Gasteiger partial charge in [-0.05, 0) is 55.9 Å². The van der Waals surface area contributed by atoms with E-state index in [1.54, 1.807) is 30.5 Å². The first-order valence-electron chi connectivity index (χ1n) is 13.7. The van der Waals surface area contributed by atoms with Crippen molar-refractivity contribution in [3.05, 3.63) is 42.6 Å². The average Bonchev–Trinajstić information content (AvgIpc) is 3.46. The number of anilines is 3. The Bertz CT molecular complexity index is 1470. The van der Waals surface area contributed by atoms with Crippen molar-refractivity contribution in [2.75, 3.05) is 59.7 Å². The van der Waals surface area contributed by atoms with Crippen molar-refractivity contribution >= 4 is 27.3 Å². The van der Waals surface area contributed by atoms with Gasteiger partial charge in [-0.15, -0.1) is 10.2 Å². The molecule has 6 heterocycles. The van der Waals surface area contributed by atoms with Crippen LogP contribution in [0.15, 0.2) is 47.0 Å². The van der Waals surface area contributed by atoms with E-state index in [-0.39, 0.29) is 17.7 Å². The summed E-state index contributed by atoms with van der Waals surface area (Å²) in [6, 6.07) is 6.97. The fraction of sp³-hybridized carbons (Fsp3) is 0.481. The molecule has 0 aliphatic carbocycles. The highest BCUT2D eigenvalue weighted by Crippen LogP contribution is 2.36. The van der Waals surface area contributed by atoms with Crippen LogP contribution >= 0.6 is 0 Å².